The Balaban J connectivity index is 2.08. The summed E-state index contributed by atoms with van der Waals surface area (Å²) in [4.78, 5) is 0. The van der Waals surface area contributed by atoms with Crippen LogP contribution in [0.3, 0.4) is 0 Å². The van der Waals surface area contributed by atoms with Crippen molar-refractivity contribution in [2.24, 2.45) is 5.73 Å². The van der Waals surface area contributed by atoms with Crippen molar-refractivity contribution < 1.29 is 13.2 Å². The summed E-state index contributed by atoms with van der Waals surface area (Å²) in [6.07, 6.45) is -2.40. The van der Waals surface area contributed by atoms with Crippen molar-refractivity contribution in [1.29, 1.82) is 0 Å². The van der Waals surface area contributed by atoms with Gasteiger partial charge in [0.2, 0.25) is 0 Å². The predicted molar refractivity (Wildman–Crippen MR) is 54.1 cm³/mol. The third kappa shape index (κ3) is 1.29. The Labute approximate surface area is 91.4 Å². The SMILES string of the molecule is N[C@H]1C[C@@H]2C[C@H]1c1cc(C(F)(F)F)ccc12. The van der Waals surface area contributed by atoms with Crippen molar-refractivity contribution >= 4 is 0 Å². The highest BCUT2D eigenvalue weighted by atomic mass is 19.4. The maximum atomic E-state index is 12.6. The second-order valence-corrected chi connectivity index (χ2v) is 4.78. The summed E-state index contributed by atoms with van der Waals surface area (Å²) >= 11 is 0. The van der Waals surface area contributed by atoms with Crippen LogP contribution in [-0.4, -0.2) is 6.04 Å². The molecule has 0 radical (unpaired) electrons. The summed E-state index contributed by atoms with van der Waals surface area (Å²) in [6, 6.07) is 4.15. The van der Waals surface area contributed by atoms with Gasteiger partial charge < -0.3 is 5.73 Å². The molecule has 0 aromatic heterocycles. The van der Waals surface area contributed by atoms with Gasteiger partial charge in [-0.25, -0.2) is 0 Å². The zero-order chi connectivity index (χ0) is 11.5. The van der Waals surface area contributed by atoms with Crippen LogP contribution in [0.2, 0.25) is 0 Å². The molecule has 0 saturated heterocycles. The van der Waals surface area contributed by atoms with Gasteiger partial charge in [0.1, 0.15) is 0 Å². The van der Waals surface area contributed by atoms with Crippen molar-refractivity contribution in [2.75, 3.05) is 0 Å². The first kappa shape index (κ1) is 10.1. The molecule has 1 nitrogen and oxygen atoms in total. The van der Waals surface area contributed by atoms with Crippen molar-refractivity contribution in [3.05, 3.63) is 34.9 Å². The minimum absolute atomic E-state index is 0.0426. The average Bonchev–Trinajstić information content (AvgIpc) is 2.73. The maximum absolute atomic E-state index is 12.6. The molecule has 0 amide bonds. The van der Waals surface area contributed by atoms with E-state index in [4.69, 9.17) is 5.73 Å². The highest BCUT2D eigenvalue weighted by Crippen LogP contribution is 2.53. The predicted octanol–water partition coefficient (Wildman–Crippen LogP) is 3.01. The molecule has 2 N–H and O–H groups in total. The van der Waals surface area contributed by atoms with E-state index in [0.717, 1.165) is 24.0 Å². The summed E-state index contributed by atoms with van der Waals surface area (Å²) in [7, 11) is 0. The molecule has 2 bridgehead atoms. The van der Waals surface area contributed by atoms with E-state index in [2.05, 4.69) is 0 Å². The first-order chi connectivity index (χ1) is 7.47. The number of hydrogen-bond donors (Lipinski definition) is 1. The van der Waals surface area contributed by atoms with E-state index in [1.165, 1.54) is 12.1 Å². The zero-order valence-corrected chi connectivity index (χ0v) is 8.59. The molecule has 3 atom stereocenters. The molecule has 1 aromatic carbocycles. The quantitative estimate of drug-likeness (QED) is 0.724. The fourth-order valence-electron chi connectivity index (χ4n) is 3.13. The number of alkyl halides is 3. The summed E-state index contributed by atoms with van der Waals surface area (Å²) in [5.74, 6) is 0.527. The lowest BCUT2D eigenvalue weighted by atomic mass is 9.87. The summed E-state index contributed by atoms with van der Waals surface area (Å²) in [5.41, 5.74) is 7.28. The van der Waals surface area contributed by atoms with Crippen molar-refractivity contribution in [1.82, 2.24) is 0 Å². The number of halogens is 3. The number of benzene rings is 1. The normalized spacial score (nSPS) is 31.9. The minimum Gasteiger partial charge on any atom is -0.327 e. The first-order valence-electron chi connectivity index (χ1n) is 5.43. The highest BCUT2D eigenvalue weighted by Gasteiger charge is 2.43. The van der Waals surface area contributed by atoms with Crippen LogP contribution in [0.15, 0.2) is 18.2 Å². The Morgan fingerprint density at radius 2 is 1.88 bits per heavy atom. The molecule has 1 saturated carbocycles. The first-order valence-corrected chi connectivity index (χ1v) is 5.43. The lowest BCUT2D eigenvalue weighted by Crippen LogP contribution is -2.25. The van der Waals surface area contributed by atoms with Crippen LogP contribution in [0.4, 0.5) is 13.2 Å². The molecule has 2 aliphatic carbocycles. The lowest BCUT2D eigenvalue weighted by Gasteiger charge is -2.22. The van der Waals surface area contributed by atoms with E-state index in [9.17, 15) is 13.2 Å². The van der Waals surface area contributed by atoms with Gasteiger partial charge in [-0.15, -0.1) is 0 Å². The van der Waals surface area contributed by atoms with E-state index in [0.29, 0.717) is 5.92 Å². The maximum Gasteiger partial charge on any atom is 0.416 e. The molecule has 4 heteroatoms. The molecule has 0 unspecified atom stereocenters. The fourth-order valence-corrected chi connectivity index (χ4v) is 3.13. The zero-order valence-electron chi connectivity index (χ0n) is 8.59. The molecule has 1 aromatic rings. The molecular formula is C12H12F3N. The number of hydrogen-bond acceptors (Lipinski definition) is 1. The van der Waals surface area contributed by atoms with Gasteiger partial charge in [0, 0.05) is 6.04 Å². The summed E-state index contributed by atoms with van der Waals surface area (Å²) < 4.78 is 37.7. The van der Waals surface area contributed by atoms with E-state index in [1.54, 1.807) is 6.07 Å². The van der Waals surface area contributed by atoms with Crippen LogP contribution in [0.25, 0.3) is 0 Å². The topological polar surface area (TPSA) is 26.0 Å². The van der Waals surface area contributed by atoms with Gasteiger partial charge in [0.25, 0.3) is 0 Å². The number of rotatable bonds is 0. The van der Waals surface area contributed by atoms with E-state index in [-0.39, 0.29) is 12.0 Å². The second kappa shape index (κ2) is 3.00. The highest BCUT2D eigenvalue weighted by molar-refractivity contribution is 5.45. The van der Waals surface area contributed by atoms with Crippen molar-refractivity contribution in [2.45, 2.75) is 36.9 Å². The molecule has 0 aliphatic heterocycles. The third-order valence-electron chi connectivity index (χ3n) is 3.87. The largest absolute Gasteiger partial charge is 0.416 e. The number of fused-ring (bicyclic) bond motifs is 5. The lowest BCUT2D eigenvalue weighted by molar-refractivity contribution is -0.137. The second-order valence-electron chi connectivity index (χ2n) is 4.78. The molecule has 0 spiro atoms. The fraction of sp³-hybridized carbons (Fsp3) is 0.500. The van der Waals surface area contributed by atoms with Gasteiger partial charge in [-0.05, 0) is 47.9 Å². The van der Waals surface area contributed by atoms with Gasteiger partial charge >= 0.3 is 6.18 Å². The Hall–Kier alpha value is -1.03. The van der Waals surface area contributed by atoms with Crippen LogP contribution in [-0.2, 0) is 6.18 Å². The van der Waals surface area contributed by atoms with Gasteiger partial charge in [0.15, 0.2) is 0 Å². The van der Waals surface area contributed by atoms with Crippen molar-refractivity contribution in [3.8, 4) is 0 Å². The average molecular weight is 227 g/mol. The molecular weight excluding hydrogens is 215 g/mol. The molecule has 86 valence electrons. The summed E-state index contributed by atoms with van der Waals surface area (Å²) in [6.45, 7) is 0. The van der Waals surface area contributed by atoms with E-state index >= 15 is 0 Å². The molecule has 1 fully saturated rings. The Bertz CT molecular complexity index is 438. The van der Waals surface area contributed by atoms with Crippen LogP contribution in [0.1, 0.15) is 41.4 Å². The van der Waals surface area contributed by atoms with Crippen LogP contribution < -0.4 is 5.73 Å². The third-order valence-corrected chi connectivity index (χ3v) is 3.87. The summed E-state index contributed by atoms with van der Waals surface area (Å²) in [5, 5.41) is 0. The van der Waals surface area contributed by atoms with Gasteiger partial charge in [-0.1, -0.05) is 6.07 Å². The molecule has 3 rings (SSSR count). The van der Waals surface area contributed by atoms with E-state index < -0.39 is 11.7 Å². The minimum atomic E-state index is -4.25. The van der Waals surface area contributed by atoms with Crippen LogP contribution >= 0.6 is 0 Å². The van der Waals surface area contributed by atoms with E-state index in [1.807, 2.05) is 0 Å². The standard InChI is InChI=1S/C12H12F3N/c13-12(14,15)7-1-2-8-6-3-10(9(8)5-7)11(16)4-6/h1-2,5-6,10-11H,3-4,16H2/t6-,10-,11-/m0/s1. The van der Waals surface area contributed by atoms with Gasteiger partial charge in [0.05, 0.1) is 5.56 Å². The van der Waals surface area contributed by atoms with Crippen molar-refractivity contribution in [3.63, 3.8) is 0 Å². The Morgan fingerprint density at radius 1 is 1.12 bits per heavy atom. The van der Waals surface area contributed by atoms with Crippen LogP contribution in [0, 0.1) is 0 Å². The monoisotopic (exact) mass is 227 g/mol. The van der Waals surface area contributed by atoms with Gasteiger partial charge in [-0.3, -0.25) is 0 Å². The van der Waals surface area contributed by atoms with Crippen LogP contribution in [0.5, 0.6) is 0 Å². The Morgan fingerprint density at radius 3 is 2.56 bits per heavy atom. The molecule has 2 aliphatic rings. The number of nitrogens with two attached hydrogens (primary N) is 1. The van der Waals surface area contributed by atoms with Gasteiger partial charge in [-0.2, -0.15) is 13.2 Å². The smallest absolute Gasteiger partial charge is 0.327 e. The molecule has 16 heavy (non-hydrogen) atoms. The Kier molecular flexibility index (Phi) is 1.90. The molecule has 0 heterocycles.